The molecule has 9 nitrogen and oxygen atoms in total. The topological polar surface area (TPSA) is 180 Å². The molecule has 0 fully saturated rings. The van der Waals surface area contributed by atoms with E-state index in [2.05, 4.69) is 0 Å². The van der Waals surface area contributed by atoms with Crippen LogP contribution in [0.4, 0.5) is 0 Å². The molecular formula is C7H11N2NaO7. The number of carbonyl (C=O) groups is 3. The third-order valence-corrected chi connectivity index (χ3v) is 1.29. The van der Waals surface area contributed by atoms with Crippen molar-refractivity contribution in [3.8, 4) is 0 Å². The second-order valence-corrected chi connectivity index (χ2v) is 2.60. The maximum atomic E-state index is 10.3. The predicted molar refractivity (Wildman–Crippen MR) is 48.6 cm³/mol. The minimum absolute atomic E-state index is 0. The first-order valence-corrected chi connectivity index (χ1v) is 3.67. The summed E-state index contributed by atoms with van der Waals surface area (Å²) in [7, 11) is 0. The summed E-state index contributed by atoms with van der Waals surface area (Å²) in [6, 6.07) is 1.25. The Morgan fingerprint density at radius 1 is 1.06 bits per heavy atom. The number of hydrogen-bond acceptors (Lipinski definition) is 6. The fraction of sp³-hybridized carbons (Fsp3) is 0.429. The number of nitrogens with one attached hydrogen (secondary N) is 2. The largest absolute Gasteiger partial charge is 1.00 e. The average molecular weight is 258 g/mol. The number of aliphatic carboxylic acids is 3. The number of carboxylic acids is 3. The Morgan fingerprint density at radius 3 is 1.41 bits per heavy atom. The Bertz CT molecular complexity index is 314. The molecule has 0 saturated heterocycles. The molecule has 0 bridgehead atoms. The molecule has 0 aromatic heterocycles. The van der Waals surface area contributed by atoms with Crippen molar-refractivity contribution in [3.05, 3.63) is 0 Å². The van der Waals surface area contributed by atoms with Crippen molar-refractivity contribution < 1.29 is 65.8 Å². The van der Waals surface area contributed by atoms with Crippen LogP contribution in [0.25, 0.3) is 0 Å². The van der Waals surface area contributed by atoms with Crippen LogP contribution in [-0.2, 0) is 14.4 Å². The maximum absolute atomic E-state index is 10.3. The summed E-state index contributed by atoms with van der Waals surface area (Å²) in [5.41, 5.74) is -2.74. The van der Waals surface area contributed by atoms with Gasteiger partial charge in [-0.3, -0.25) is 9.59 Å². The summed E-state index contributed by atoms with van der Waals surface area (Å²) in [5, 5.41) is 45.1. The third kappa shape index (κ3) is 11.0. The van der Waals surface area contributed by atoms with Crippen LogP contribution in [0.1, 0.15) is 14.3 Å². The van der Waals surface area contributed by atoms with Crippen LogP contribution in [0.3, 0.4) is 0 Å². The van der Waals surface area contributed by atoms with E-state index >= 15 is 0 Å². The zero-order valence-corrected chi connectivity index (χ0v) is 10.9. The standard InChI is InChI=1S/C6H8O7.CH2N2.Na.H/c7-3(8)1-6(13,5(11)12)2-4(9)10;2-1-3;;/h13H,1-2H2,(H,7,8)(H,9,10)(H,11,12);2-3H;;/q;;+1;-1. The van der Waals surface area contributed by atoms with Gasteiger partial charge in [0.15, 0.2) is 5.60 Å². The third-order valence-electron chi connectivity index (χ3n) is 1.29. The predicted octanol–water partition coefficient (Wildman–Crippen LogP) is -3.81. The monoisotopic (exact) mass is 258 g/mol. The van der Waals surface area contributed by atoms with Crippen LogP contribution >= 0.6 is 0 Å². The molecule has 10 heteroatoms. The van der Waals surface area contributed by atoms with Crippen LogP contribution < -0.4 is 29.6 Å². The average Bonchev–Trinajstić information content (AvgIpc) is 2.01. The maximum Gasteiger partial charge on any atom is 1.00 e. The van der Waals surface area contributed by atoms with Crippen LogP contribution in [0, 0.1) is 10.8 Å². The molecule has 0 atom stereocenters. The van der Waals surface area contributed by atoms with E-state index in [0.717, 1.165) is 0 Å². The smallest absolute Gasteiger partial charge is 1.00 e. The summed E-state index contributed by atoms with van der Waals surface area (Å²) in [4.78, 5) is 30.5. The fourth-order valence-electron chi connectivity index (χ4n) is 0.714. The van der Waals surface area contributed by atoms with E-state index < -0.39 is 36.4 Å². The molecule has 0 saturated carbocycles. The first kappa shape index (κ1) is 21.1. The number of aliphatic hydroxyl groups is 1. The van der Waals surface area contributed by atoms with Crippen LogP contribution in [-0.4, -0.2) is 49.9 Å². The molecule has 0 aliphatic carbocycles. The molecule has 0 aromatic carbocycles. The Hall–Kier alpha value is -1.25. The SMILES string of the molecule is N=C=N.O=C(O)CC(O)(CC(=O)O)C(=O)O.[H-].[Na+]. The quantitative estimate of drug-likeness (QED) is 0.216. The van der Waals surface area contributed by atoms with Gasteiger partial charge in [-0.25, -0.2) is 15.6 Å². The molecule has 0 aliphatic heterocycles. The zero-order chi connectivity index (χ0) is 13.4. The molecule has 0 unspecified atom stereocenters. The molecular weight excluding hydrogens is 247 g/mol. The van der Waals surface area contributed by atoms with Gasteiger partial charge in [-0.2, -0.15) is 0 Å². The second-order valence-electron chi connectivity index (χ2n) is 2.60. The van der Waals surface area contributed by atoms with Gasteiger partial charge < -0.3 is 21.9 Å². The van der Waals surface area contributed by atoms with E-state index in [1.165, 1.54) is 6.01 Å². The van der Waals surface area contributed by atoms with Crippen molar-refractivity contribution in [1.29, 1.82) is 10.8 Å². The van der Waals surface area contributed by atoms with E-state index in [4.69, 9.17) is 31.2 Å². The van der Waals surface area contributed by atoms with E-state index in [-0.39, 0.29) is 31.0 Å². The Labute approximate surface area is 119 Å². The van der Waals surface area contributed by atoms with Gasteiger partial charge in [0.1, 0.15) is 0 Å². The summed E-state index contributed by atoms with van der Waals surface area (Å²) < 4.78 is 0. The van der Waals surface area contributed by atoms with Crippen molar-refractivity contribution >= 4 is 23.9 Å². The first-order chi connectivity index (χ1) is 7.19. The van der Waals surface area contributed by atoms with Gasteiger partial charge >= 0.3 is 47.5 Å². The zero-order valence-electron chi connectivity index (χ0n) is 9.93. The van der Waals surface area contributed by atoms with Gasteiger partial charge in [-0.1, -0.05) is 0 Å². The molecule has 0 rings (SSSR count). The number of hydrogen-bond donors (Lipinski definition) is 6. The second kappa shape index (κ2) is 9.94. The molecule has 6 N–H and O–H groups in total. The molecule has 0 amide bonds. The molecule has 92 valence electrons. The van der Waals surface area contributed by atoms with Gasteiger partial charge in [0.05, 0.1) is 18.9 Å². The van der Waals surface area contributed by atoms with E-state index in [0.29, 0.717) is 0 Å². The van der Waals surface area contributed by atoms with Crippen molar-refractivity contribution in [2.24, 2.45) is 0 Å². The fourth-order valence-corrected chi connectivity index (χ4v) is 0.714. The van der Waals surface area contributed by atoms with Crippen LogP contribution in [0.5, 0.6) is 0 Å². The minimum Gasteiger partial charge on any atom is -1.00 e. The van der Waals surface area contributed by atoms with Crippen LogP contribution in [0.15, 0.2) is 0 Å². The van der Waals surface area contributed by atoms with Crippen molar-refractivity contribution in [3.63, 3.8) is 0 Å². The van der Waals surface area contributed by atoms with Crippen LogP contribution in [0.2, 0.25) is 0 Å². The molecule has 0 aliphatic rings. The van der Waals surface area contributed by atoms with E-state index in [9.17, 15) is 14.4 Å². The molecule has 0 aromatic rings. The van der Waals surface area contributed by atoms with Gasteiger partial charge in [-0.05, 0) is 0 Å². The van der Waals surface area contributed by atoms with Gasteiger partial charge in [0.25, 0.3) is 0 Å². The summed E-state index contributed by atoms with van der Waals surface area (Å²) >= 11 is 0. The number of carboxylic acid groups (broad SMARTS) is 3. The summed E-state index contributed by atoms with van der Waals surface area (Å²) in [6.45, 7) is 0. The van der Waals surface area contributed by atoms with Gasteiger partial charge in [-0.15, -0.1) is 0 Å². The van der Waals surface area contributed by atoms with Gasteiger partial charge in [0.2, 0.25) is 0 Å². The first-order valence-electron chi connectivity index (χ1n) is 3.67. The Kier molecular flexibility index (Phi) is 12.3. The summed E-state index contributed by atoms with van der Waals surface area (Å²) in [6.07, 6.45) is -2.29. The van der Waals surface area contributed by atoms with Crippen molar-refractivity contribution in [1.82, 2.24) is 0 Å². The molecule has 17 heavy (non-hydrogen) atoms. The molecule has 0 radical (unpaired) electrons. The Morgan fingerprint density at radius 2 is 1.29 bits per heavy atom. The normalized spacial score (nSPS) is 8.76. The number of rotatable bonds is 5. The summed E-state index contributed by atoms with van der Waals surface area (Å²) in [5.74, 6) is -5.02. The minimum atomic E-state index is -2.74. The van der Waals surface area contributed by atoms with Crippen molar-refractivity contribution in [2.45, 2.75) is 18.4 Å². The van der Waals surface area contributed by atoms with E-state index in [1.54, 1.807) is 0 Å². The van der Waals surface area contributed by atoms with Crippen molar-refractivity contribution in [2.75, 3.05) is 0 Å². The molecule has 0 heterocycles. The van der Waals surface area contributed by atoms with Gasteiger partial charge in [0, 0.05) is 0 Å². The Balaban J connectivity index is -0.000000177. The molecule has 0 spiro atoms. The van der Waals surface area contributed by atoms with E-state index in [1.807, 2.05) is 0 Å².